The summed E-state index contributed by atoms with van der Waals surface area (Å²) in [5, 5.41) is 6.01. The maximum atomic E-state index is 12.1. The van der Waals surface area contributed by atoms with Crippen LogP contribution in [0.5, 0.6) is 0 Å². The monoisotopic (exact) mass is 442 g/mol. The molecule has 0 bridgehead atoms. The van der Waals surface area contributed by atoms with Crippen LogP contribution >= 0.6 is 34.2 Å². The molecule has 0 aliphatic carbocycles. The molecule has 0 saturated heterocycles. The van der Waals surface area contributed by atoms with E-state index in [1.165, 1.54) is 0 Å². The van der Waals surface area contributed by atoms with E-state index in [0.29, 0.717) is 10.6 Å². The lowest BCUT2D eigenvalue weighted by Crippen LogP contribution is -2.33. The number of rotatable bonds is 5. The fraction of sp³-hybridized carbons (Fsp3) is 0.176. The third-order valence-electron chi connectivity index (χ3n) is 3.26. The van der Waals surface area contributed by atoms with Crippen molar-refractivity contribution in [3.05, 3.63) is 62.2 Å². The Labute approximate surface area is 153 Å². The normalized spacial score (nSPS) is 10.2. The molecule has 0 heterocycles. The number of benzene rings is 2. The van der Waals surface area contributed by atoms with Gasteiger partial charge in [-0.15, -0.1) is 0 Å². The van der Waals surface area contributed by atoms with E-state index in [0.717, 1.165) is 21.2 Å². The molecule has 0 atom stereocenters. The van der Waals surface area contributed by atoms with Crippen LogP contribution in [0.2, 0.25) is 5.02 Å². The lowest BCUT2D eigenvalue weighted by atomic mass is 10.1. The lowest BCUT2D eigenvalue weighted by molar-refractivity contribution is -0.115. The molecule has 4 nitrogen and oxygen atoms in total. The van der Waals surface area contributed by atoms with Crippen LogP contribution in [0, 0.1) is 3.57 Å². The molecule has 0 radical (unpaired) electrons. The van der Waals surface area contributed by atoms with Gasteiger partial charge in [-0.1, -0.05) is 36.7 Å². The number of anilines is 1. The van der Waals surface area contributed by atoms with Crippen molar-refractivity contribution < 1.29 is 9.59 Å². The van der Waals surface area contributed by atoms with Gasteiger partial charge < -0.3 is 10.6 Å². The molecule has 0 aromatic heterocycles. The van der Waals surface area contributed by atoms with Crippen molar-refractivity contribution in [2.24, 2.45) is 0 Å². The van der Waals surface area contributed by atoms with Gasteiger partial charge in [-0.2, -0.15) is 0 Å². The SMILES string of the molecule is CCc1ccccc1NC(=O)CNC(=O)c1ccc(Cl)c(I)c1. The van der Waals surface area contributed by atoms with E-state index in [-0.39, 0.29) is 18.4 Å². The van der Waals surface area contributed by atoms with Crippen molar-refractivity contribution in [2.45, 2.75) is 13.3 Å². The quantitative estimate of drug-likeness (QED) is 0.691. The Morgan fingerprint density at radius 2 is 1.91 bits per heavy atom. The molecule has 6 heteroatoms. The van der Waals surface area contributed by atoms with Crippen LogP contribution in [0.25, 0.3) is 0 Å². The first-order valence-corrected chi connectivity index (χ1v) is 8.58. The predicted octanol–water partition coefficient (Wildman–Crippen LogP) is 3.88. The summed E-state index contributed by atoms with van der Waals surface area (Å²) in [6.45, 7) is 1.94. The molecule has 0 saturated carbocycles. The number of aryl methyl sites for hydroxylation is 1. The number of nitrogens with one attached hydrogen (secondary N) is 2. The third kappa shape index (κ3) is 4.94. The zero-order chi connectivity index (χ0) is 16.8. The third-order valence-corrected chi connectivity index (χ3v) is 4.80. The van der Waals surface area contributed by atoms with Crippen molar-refractivity contribution in [1.29, 1.82) is 0 Å². The Bertz CT molecular complexity index is 734. The van der Waals surface area contributed by atoms with Gasteiger partial charge in [0, 0.05) is 14.8 Å². The van der Waals surface area contributed by atoms with Gasteiger partial charge in [0.1, 0.15) is 0 Å². The molecule has 2 aromatic rings. The maximum Gasteiger partial charge on any atom is 0.251 e. The van der Waals surface area contributed by atoms with Crippen molar-refractivity contribution in [1.82, 2.24) is 5.32 Å². The van der Waals surface area contributed by atoms with Gasteiger partial charge in [0.05, 0.1) is 11.6 Å². The number of carbonyl (C=O) groups excluding carboxylic acids is 2. The number of halogens is 2. The van der Waals surface area contributed by atoms with Gasteiger partial charge in [0.25, 0.3) is 5.91 Å². The minimum Gasteiger partial charge on any atom is -0.343 e. The fourth-order valence-corrected chi connectivity index (χ4v) is 2.68. The summed E-state index contributed by atoms with van der Waals surface area (Å²) in [6, 6.07) is 12.6. The minimum absolute atomic E-state index is 0.0872. The van der Waals surface area contributed by atoms with E-state index in [9.17, 15) is 9.59 Å². The average Bonchev–Trinajstić information content (AvgIpc) is 2.55. The van der Waals surface area contributed by atoms with E-state index in [1.54, 1.807) is 18.2 Å². The largest absolute Gasteiger partial charge is 0.343 e. The molecule has 0 aliphatic rings. The zero-order valence-corrected chi connectivity index (χ0v) is 15.4. The second kappa shape index (κ2) is 8.31. The molecule has 0 aliphatic heterocycles. The summed E-state index contributed by atoms with van der Waals surface area (Å²) >= 11 is 7.99. The van der Waals surface area contributed by atoms with Gasteiger partial charge in [0.2, 0.25) is 5.91 Å². The smallest absolute Gasteiger partial charge is 0.251 e. The molecule has 2 N–H and O–H groups in total. The van der Waals surface area contributed by atoms with Crippen LogP contribution in [0.4, 0.5) is 5.69 Å². The molecule has 120 valence electrons. The molecule has 2 amide bonds. The van der Waals surface area contributed by atoms with E-state index in [2.05, 4.69) is 33.2 Å². The van der Waals surface area contributed by atoms with Crippen LogP contribution in [0.15, 0.2) is 42.5 Å². The summed E-state index contributed by atoms with van der Waals surface area (Å²) in [4.78, 5) is 24.0. The minimum atomic E-state index is -0.307. The van der Waals surface area contributed by atoms with Gasteiger partial charge in [-0.05, 0) is 58.8 Å². The van der Waals surface area contributed by atoms with Gasteiger partial charge in [-0.3, -0.25) is 9.59 Å². The number of para-hydroxylation sites is 1. The predicted molar refractivity (Wildman–Crippen MR) is 101 cm³/mol. The highest BCUT2D eigenvalue weighted by molar-refractivity contribution is 14.1. The van der Waals surface area contributed by atoms with E-state index in [4.69, 9.17) is 11.6 Å². The van der Waals surface area contributed by atoms with E-state index >= 15 is 0 Å². The topological polar surface area (TPSA) is 58.2 Å². The highest BCUT2D eigenvalue weighted by Gasteiger charge is 2.10. The van der Waals surface area contributed by atoms with E-state index in [1.807, 2.05) is 31.2 Å². The first kappa shape index (κ1) is 17.7. The van der Waals surface area contributed by atoms with Crippen molar-refractivity contribution in [3.8, 4) is 0 Å². The molecule has 2 aromatic carbocycles. The van der Waals surface area contributed by atoms with Crippen molar-refractivity contribution in [2.75, 3.05) is 11.9 Å². The average molecular weight is 443 g/mol. The Morgan fingerprint density at radius 1 is 1.17 bits per heavy atom. The number of carbonyl (C=O) groups is 2. The Kier molecular flexibility index (Phi) is 6.41. The number of amides is 2. The molecule has 0 unspecified atom stereocenters. The summed E-state index contributed by atoms with van der Waals surface area (Å²) in [5.74, 6) is -0.568. The molecular formula is C17H16ClIN2O2. The van der Waals surface area contributed by atoms with E-state index < -0.39 is 0 Å². The Balaban J connectivity index is 1.93. The maximum absolute atomic E-state index is 12.1. The Morgan fingerprint density at radius 3 is 2.61 bits per heavy atom. The van der Waals surface area contributed by atoms with Crippen LogP contribution < -0.4 is 10.6 Å². The highest BCUT2D eigenvalue weighted by atomic mass is 127. The van der Waals surface area contributed by atoms with Crippen LogP contribution in [0.3, 0.4) is 0 Å². The summed E-state index contributed by atoms with van der Waals surface area (Å²) in [7, 11) is 0. The number of hydrogen-bond donors (Lipinski definition) is 2. The Hall–Kier alpha value is -1.60. The number of hydrogen-bond acceptors (Lipinski definition) is 2. The summed E-state index contributed by atoms with van der Waals surface area (Å²) < 4.78 is 0.790. The first-order valence-electron chi connectivity index (χ1n) is 7.12. The molecule has 2 rings (SSSR count). The van der Waals surface area contributed by atoms with Gasteiger partial charge in [-0.25, -0.2) is 0 Å². The standard InChI is InChI=1S/C17H16ClIN2O2/c1-2-11-5-3-4-6-15(11)21-16(22)10-20-17(23)12-7-8-13(18)14(19)9-12/h3-9H,2,10H2,1H3,(H,20,23)(H,21,22). The second-order valence-corrected chi connectivity index (χ2v) is 6.44. The molecular weight excluding hydrogens is 427 g/mol. The van der Waals surface area contributed by atoms with Crippen molar-refractivity contribution >= 4 is 51.7 Å². The fourth-order valence-electron chi connectivity index (χ4n) is 2.04. The molecule has 0 fully saturated rings. The second-order valence-electron chi connectivity index (χ2n) is 4.87. The van der Waals surface area contributed by atoms with Gasteiger partial charge in [0.15, 0.2) is 0 Å². The summed E-state index contributed by atoms with van der Waals surface area (Å²) in [5.41, 5.74) is 2.30. The van der Waals surface area contributed by atoms with Crippen molar-refractivity contribution in [3.63, 3.8) is 0 Å². The van der Waals surface area contributed by atoms with Gasteiger partial charge >= 0.3 is 0 Å². The van der Waals surface area contributed by atoms with Crippen LogP contribution in [0.1, 0.15) is 22.8 Å². The molecule has 23 heavy (non-hydrogen) atoms. The van der Waals surface area contributed by atoms with Crippen LogP contribution in [-0.2, 0) is 11.2 Å². The molecule has 0 spiro atoms. The summed E-state index contributed by atoms with van der Waals surface area (Å²) in [6.07, 6.45) is 0.825. The first-order chi connectivity index (χ1) is 11.0. The highest BCUT2D eigenvalue weighted by Crippen LogP contribution is 2.19. The van der Waals surface area contributed by atoms with Crippen LogP contribution in [-0.4, -0.2) is 18.4 Å². The zero-order valence-electron chi connectivity index (χ0n) is 12.5. The lowest BCUT2D eigenvalue weighted by Gasteiger charge is -2.10.